The summed E-state index contributed by atoms with van der Waals surface area (Å²) >= 11 is 0. The molecule has 8 heteroatoms. The lowest BCUT2D eigenvalue weighted by Crippen LogP contribution is -2.50. The van der Waals surface area contributed by atoms with Crippen molar-refractivity contribution in [2.75, 3.05) is 26.8 Å². The van der Waals surface area contributed by atoms with Crippen molar-refractivity contribution in [3.63, 3.8) is 0 Å². The number of aliphatic hydroxyl groups excluding tert-OH is 1. The molecule has 108 valence electrons. The molecule has 0 amide bonds. The minimum absolute atomic E-state index is 0.364. The molecule has 0 fully saturated rings. The first-order chi connectivity index (χ1) is 8.42. The zero-order chi connectivity index (χ0) is 14.2. The molecule has 0 bridgehead atoms. The van der Waals surface area contributed by atoms with E-state index in [-0.39, 0.29) is 0 Å². The first kappa shape index (κ1) is 17.3. The van der Waals surface area contributed by atoms with Crippen LogP contribution in [-0.2, 0) is 19.7 Å². The monoisotopic (exact) mass is 282 g/mol. The van der Waals surface area contributed by atoms with E-state index in [4.69, 9.17) is 5.11 Å². The Hall–Kier alpha value is -0.700. The van der Waals surface area contributed by atoms with Gasteiger partial charge >= 0.3 is 5.97 Å². The summed E-state index contributed by atoms with van der Waals surface area (Å²) in [5.74, 6) is -0.811. The number of nitrogens with one attached hydrogen (secondary N) is 1. The van der Waals surface area contributed by atoms with Gasteiger partial charge in [-0.15, -0.1) is 0 Å². The summed E-state index contributed by atoms with van der Waals surface area (Å²) < 4.78 is 31.8. The lowest BCUT2D eigenvalue weighted by Gasteiger charge is -2.23. The molecule has 1 atom stereocenters. The normalized spacial score (nSPS) is 13.6. The van der Waals surface area contributed by atoms with Crippen LogP contribution in [0.15, 0.2) is 0 Å². The van der Waals surface area contributed by atoms with E-state index in [0.717, 1.165) is 7.11 Å². The number of ether oxygens (including phenoxy) is 1. The first-order valence-corrected chi connectivity index (χ1v) is 7.33. The third-order valence-electron chi connectivity index (χ3n) is 2.25. The SMILES string of the molecule is CCCN(CCC)S(=O)(=O)NC(CO)C(=O)OC. The highest BCUT2D eigenvalue weighted by atomic mass is 32.2. The number of methoxy groups -OCH3 is 1. The van der Waals surface area contributed by atoms with Crippen LogP contribution in [0, 0.1) is 0 Å². The average molecular weight is 282 g/mol. The third kappa shape index (κ3) is 5.30. The molecule has 2 N–H and O–H groups in total. The van der Waals surface area contributed by atoms with Gasteiger partial charge in [0.2, 0.25) is 0 Å². The largest absolute Gasteiger partial charge is 0.468 e. The molecule has 0 aromatic heterocycles. The number of carbonyl (C=O) groups is 1. The predicted molar refractivity (Wildman–Crippen MR) is 67.1 cm³/mol. The maximum absolute atomic E-state index is 12.0. The molecule has 0 spiro atoms. The second kappa shape index (κ2) is 8.41. The Kier molecular flexibility index (Phi) is 8.08. The Balaban J connectivity index is 4.82. The van der Waals surface area contributed by atoms with Crippen molar-refractivity contribution in [1.29, 1.82) is 0 Å². The van der Waals surface area contributed by atoms with Gasteiger partial charge in [0.05, 0.1) is 13.7 Å². The highest BCUT2D eigenvalue weighted by Gasteiger charge is 2.28. The van der Waals surface area contributed by atoms with E-state index in [0.29, 0.717) is 25.9 Å². The number of aliphatic hydroxyl groups is 1. The van der Waals surface area contributed by atoms with E-state index < -0.39 is 28.8 Å². The van der Waals surface area contributed by atoms with Crippen LogP contribution in [-0.4, -0.2) is 56.6 Å². The zero-order valence-corrected chi connectivity index (χ0v) is 11.9. The van der Waals surface area contributed by atoms with Gasteiger partial charge in [-0.2, -0.15) is 17.4 Å². The van der Waals surface area contributed by atoms with Gasteiger partial charge in [-0.25, -0.2) is 0 Å². The van der Waals surface area contributed by atoms with Gasteiger partial charge in [0.15, 0.2) is 0 Å². The standard InChI is InChI=1S/C10H22N2O5S/c1-4-6-12(7-5-2)18(15,16)11-9(8-13)10(14)17-3/h9,11,13H,4-8H2,1-3H3. The Morgan fingerprint density at radius 2 is 1.83 bits per heavy atom. The van der Waals surface area contributed by atoms with Crippen LogP contribution in [0.25, 0.3) is 0 Å². The molecule has 0 aliphatic rings. The van der Waals surface area contributed by atoms with Gasteiger partial charge in [0.1, 0.15) is 6.04 Å². The molecular formula is C10H22N2O5S. The van der Waals surface area contributed by atoms with Gasteiger partial charge in [-0.1, -0.05) is 13.8 Å². The highest BCUT2D eigenvalue weighted by molar-refractivity contribution is 7.87. The summed E-state index contributed by atoms with van der Waals surface area (Å²) in [7, 11) is -2.66. The second-order valence-electron chi connectivity index (χ2n) is 3.78. The van der Waals surface area contributed by atoms with Crippen LogP contribution in [0.4, 0.5) is 0 Å². The van der Waals surface area contributed by atoms with E-state index >= 15 is 0 Å². The van der Waals surface area contributed by atoms with Crippen LogP contribution >= 0.6 is 0 Å². The van der Waals surface area contributed by atoms with E-state index in [2.05, 4.69) is 9.46 Å². The minimum atomic E-state index is -3.79. The highest BCUT2D eigenvalue weighted by Crippen LogP contribution is 2.03. The number of rotatable bonds is 9. The van der Waals surface area contributed by atoms with E-state index in [9.17, 15) is 13.2 Å². The van der Waals surface area contributed by atoms with Crippen molar-refractivity contribution < 1.29 is 23.1 Å². The lowest BCUT2D eigenvalue weighted by atomic mass is 10.3. The quantitative estimate of drug-likeness (QED) is 0.555. The number of nitrogens with zero attached hydrogens (tertiary/aromatic N) is 1. The smallest absolute Gasteiger partial charge is 0.326 e. The summed E-state index contributed by atoms with van der Waals surface area (Å²) in [6, 6.07) is -1.27. The Labute approximate surface area is 108 Å². The van der Waals surface area contributed by atoms with Crippen molar-refractivity contribution in [2.45, 2.75) is 32.7 Å². The zero-order valence-electron chi connectivity index (χ0n) is 11.0. The van der Waals surface area contributed by atoms with Crippen LogP contribution in [0.3, 0.4) is 0 Å². The molecule has 0 aromatic rings. The molecule has 1 unspecified atom stereocenters. The maximum Gasteiger partial charge on any atom is 0.326 e. The summed E-state index contributed by atoms with van der Waals surface area (Å²) in [6.07, 6.45) is 1.34. The van der Waals surface area contributed by atoms with Crippen LogP contribution in [0.1, 0.15) is 26.7 Å². The van der Waals surface area contributed by atoms with Crippen molar-refractivity contribution >= 4 is 16.2 Å². The number of hydrogen-bond donors (Lipinski definition) is 2. The van der Waals surface area contributed by atoms with Crippen molar-refractivity contribution in [1.82, 2.24) is 9.03 Å². The van der Waals surface area contributed by atoms with Gasteiger partial charge < -0.3 is 9.84 Å². The molecule has 0 saturated heterocycles. The molecule has 0 aliphatic heterocycles. The van der Waals surface area contributed by atoms with Crippen molar-refractivity contribution in [2.24, 2.45) is 0 Å². The first-order valence-electron chi connectivity index (χ1n) is 5.89. The molecule has 0 saturated carbocycles. The van der Waals surface area contributed by atoms with Gasteiger partial charge in [-0.3, -0.25) is 4.79 Å². The third-order valence-corrected chi connectivity index (χ3v) is 3.87. The maximum atomic E-state index is 12.0. The second-order valence-corrected chi connectivity index (χ2v) is 5.48. The molecule has 7 nitrogen and oxygen atoms in total. The van der Waals surface area contributed by atoms with Crippen LogP contribution in [0.2, 0.25) is 0 Å². The fourth-order valence-electron chi connectivity index (χ4n) is 1.41. The minimum Gasteiger partial charge on any atom is -0.468 e. The fraction of sp³-hybridized carbons (Fsp3) is 0.900. The molecule has 0 aliphatic carbocycles. The molecule has 0 radical (unpaired) electrons. The summed E-state index contributed by atoms with van der Waals surface area (Å²) in [6.45, 7) is 3.81. The fourth-order valence-corrected chi connectivity index (χ4v) is 2.93. The molecule has 0 heterocycles. The van der Waals surface area contributed by atoms with Crippen molar-refractivity contribution in [3.8, 4) is 0 Å². The Morgan fingerprint density at radius 3 is 2.17 bits per heavy atom. The van der Waals surface area contributed by atoms with Crippen LogP contribution < -0.4 is 4.72 Å². The lowest BCUT2D eigenvalue weighted by molar-refractivity contribution is -0.143. The predicted octanol–water partition coefficient (Wildman–Crippen LogP) is -0.523. The Morgan fingerprint density at radius 1 is 1.33 bits per heavy atom. The van der Waals surface area contributed by atoms with Crippen molar-refractivity contribution in [3.05, 3.63) is 0 Å². The number of carbonyl (C=O) groups excluding carboxylic acids is 1. The number of esters is 1. The van der Waals surface area contributed by atoms with Crippen LogP contribution in [0.5, 0.6) is 0 Å². The van der Waals surface area contributed by atoms with Gasteiger partial charge in [0, 0.05) is 13.1 Å². The van der Waals surface area contributed by atoms with E-state index in [1.54, 1.807) is 0 Å². The number of hydrogen-bond acceptors (Lipinski definition) is 5. The summed E-state index contributed by atoms with van der Waals surface area (Å²) in [4.78, 5) is 11.2. The topological polar surface area (TPSA) is 95.9 Å². The average Bonchev–Trinajstić information content (AvgIpc) is 2.34. The van der Waals surface area contributed by atoms with E-state index in [1.165, 1.54) is 4.31 Å². The summed E-state index contributed by atoms with van der Waals surface area (Å²) in [5, 5.41) is 8.99. The van der Waals surface area contributed by atoms with Gasteiger partial charge in [0.25, 0.3) is 10.2 Å². The molecule has 18 heavy (non-hydrogen) atoms. The molecule has 0 aromatic carbocycles. The van der Waals surface area contributed by atoms with Gasteiger partial charge in [-0.05, 0) is 12.8 Å². The summed E-state index contributed by atoms with van der Waals surface area (Å²) in [5.41, 5.74) is 0. The molecule has 0 rings (SSSR count). The molecular weight excluding hydrogens is 260 g/mol. The Bertz CT molecular complexity index is 338. The van der Waals surface area contributed by atoms with E-state index in [1.807, 2.05) is 13.8 Å².